The van der Waals surface area contributed by atoms with Gasteiger partial charge in [0.05, 0.1) is 14.9 Å². The van der Waals surface area contributed by atoms with E-state index in [1.54, 1.807) is 18.2 Å². The second kappa shape index (κ2) is 5.07. The lowest BCUT2D eigenvalue weighted by atomic mass is 10.1. The van der Waals surface area contributed by atoms with E-state index in [1.807, 2.05) is 0 Å². The SMILES string of the molecule is O=C(c1ccc(Cl)c(Cl)c1)C(Br)CC1CC1. The highest BCUT2D eigenvalue weighted by Crippen LogP contribution is 2.36. The van der Waals surface area contributed by atoms with Gasteiger partial charge in [0.15, 0.2) is 5.78 Å². The summed E-state index contributed by atoms with van der Waals surface area (Å²) in [6.07, 6.45) is 3.41. The second-order valence-electron chi connectivity index (χ2n) is 4.14. The molecule has 0 radical (unpaired) electrons. The quantitative estimate of drug-likeness (QED) is 0.578. The topological polar surface area (TPSA) is 17.1 Å². The van der Waals surface area contributed by atoms with Gasteiger partial charge >= 0.3 is 0 Å². The molecule has 1 saturated carbocycles. The Morgan fingerprint density at radius 1 is 1.38 bits per heavy atom. The van der Waals surface area contributed by atoms with Gasteiger partial charge in [-0.1, -0.05) is 52.0 Å². The molecule has 0 bridgehead atoms. The highest BCUT2D eigenvalue weighted by molar-refractivity contribution is 9.10. The van der Waals surface area contributed by atoms with Gasteiger partial charge in [-0.3, -0.25) is 4.79 Å². The van der Waals surface area contributed by atoms with Crippen LogP contribution in [0.4, 0.5) is 0 Å². The van der Waals surface area contributed by atoms with Gasteiger partial charge < -0.3 is 0 Å². The lowest BCUT2D eigenvalue weighted by molar-refractivity contribution is 0.0987. The normalized spacial score (nSPS) is 17.2. The second-order valence-corrected chi connectivity index (χ2v) is 6.06. The molecule has 1 fully saturated rings. The van der Waals surface area contributed by atoms with E-state index in [4.69, 9.17) is 23.2 Å². The van der Waals surface area contributed by atoms with Gasteiger partial charge in [-0.15, -0.1) is 0 Å². The average molecular weight is 322 g/mol. The van der Waals surface area contributed by atoms with Crippen molar-refractivity contribution in [3.8, 4) is 0 Å². The Kier molecular flexibility index (Phi) is 3.93. The van der Waals surface area contributed by atoms with E-state index in [0.717, 1.165) is 12.3 Å². The number of rotatable bonds is 4. The summed E-state index contributed by atoms with van der Waals surface area (Å²) in [5.41, 5.74) is 0.622. The van der Waals surface area contributed by atoms with Crippen LogP contribution < -0.4 is 0 Å². The summed E-state index contributed by atoms with van der Waals surface area (Å²) < 4.78 is 0. The molecule has 86 valence electrons. The maximum atomic E-state index is 12.0. The molecular weight excluding hydrogens is 311 g/mol. The summed E-state index contributed by atoms with van der Waals surface area (Å²) in [5, 5.41) is 0.908. The third-order valence-corrected chi connectivity index (χ3v) is 4.25. The summed E-state index contributed by atoms with van der Waals surface area (Å²) in [4.78, 5) is 11.9. The number of benzene rings is 1. The molecule has 1 aliphatic carbocycles. The van der Waals surface area contributed by atoms with Gasteiger partial charge in [0, 0.05) is 5.56 Å². The number of carbonyl (C=O) groups is 1. The Balaban J connectivity index is 2.09. The van der Waals surface area contributed by atoms with Crippen molar-refractivity contribution in [2.24, 2.45) is 5.92 Å². The first kappa shape index (κ1) is 12.4. The Hall–Kier alpha value is -0.0500. The van der Waals surface area contributed by atoms with Crippen molar-refractivity contribution in [3.63, 3.8) is 0 Å². The van der Waals surface area contributed by atoms with Crippen LogP contribution in [0.25, 0.3) is 0 Å². The van der Waals surface area contributed by atoms with Crippen molar-refractivity contribution in [3.05, 3.63) is 33.8 Å². The third-order valence-electron chi connectivity index (χ3n) is 2.73. The molecule has 2 rings (SSSR count). The molecule has 1 unspecified atom stereocenters. The molecule has 0 aromatic heterocycles. The number of carbonyl (C=O) groups excluding carboxylic acids is 1. The molecule has 16 heavy (non-hydrogen) atoms. The minimum absolute atomic E-state index is 0.0884. The average Bonchev–Trinajstić information content (AvgIpc) is 3.05. The molecular formula is C12H11BrCl2O. The minimum atomic E-state index is -0.0998. The summed E-state index contributed by atoms with van der Waals surface area (Å²) in [7, 11) is 0. The van der Waals surface area contributed by atoms with Crippen molar-refractivity contribution < 1.29 is 4.79 Å². The minimum Gasteiger partial charge on any atom is -0.293 e. The standard InChI is InChI=1S/C12H11BrCl2O/c13-9(5-7-1-2-7)12(16)8-3-4-10(14)11(15)6-8/h3-4,6-7,9H,1-2,5H2. The molecule has 0 N–H and O–H groups in total. The molecule has 1 aliphatic rings. The van der Waals surface area contributed by atoms with E-state index in [-0.39, 0.29) is 10.6 Å². The number of hydrogen-bond donors (Lipinski definition) is 0. The fourth-order valence-electron chi connectivity index (χ4n) is 1.58. The third kappa shape index (κ3) is 2.99. The Labute approximate surface area is 113 Å². The van der Waals surface area contributed by atoms with E-state index in [0.29, 0.717) is 15.6 Å². The summed E-state index contributed by atoms with van der Waals surface area (Å²) in [5.74, 6) is 0.807. The number of ketones is 1. The van der Waals surface area contributed by atoms with E-state index in [2.05, 4.69) is 15.9 Å². The van der Waals surface area contributed by atoms with Crippen LogP contribution in [-0.4, -0.2) is 10.6 Å². The molecule has 0 spiro atoms. The first-order valence-electron chi connectivity index (χ1n) is 5.21. The van der Waals surface area contributed by atoms with Crippen LogP contribution in [-0.2, 0) is 0 Å². The fraction of sp³-hybridized carbons (Fsp3) is 0.417. The van der Waals surface area contributed by atoms with Crippen LogP contribution >= 0.6 is 39.1 Å². The molecule has 4 heteroatoms. The molecule has 0 amide bonds. The highest BCUT2D eigenvalue weighted by atomic mass is 79.9. The first-order chi connectivity index (χ1) is 7.58. The van der Waals surface area contributed by atoms with Crippen LogP contribution in [0.2, 0.25) is 10.0 Å². The summed E-state index contributed by atoms with van der Waals surface area (Å²) in [6.45, 7) is 0. The number of halogens is 3. The number of alkyl halides is 1. The summed E-state index contributed by atoms with van der Waals surface area (Å²) in [6, 6.07) is 5.01. The Morgan fingerprint density at radius 2 is 2.06 bits per heavy atom. The Morgan fingerprint density at radius 3 is 2.62 bits per heavy atom. The van der Waals surface area contributed by atoms with Crippen LogP contribution in [0, 0.1) is 5.92 Å². The molecule has 1 nitrogen and oxygen atoms in total. The van der Waals surface area contributed by atoms with Gasteiger partial charge in [0.25, 0.3) is 0 Å². The van der Waals surface area contributed by atoms with Gasteiger partial charge in [0.1, 0.15) is 0 Å². The maximum Gasteiger partial charge on any atom is 0.176 e. The molecule has 0 heterocycles. The Bertz CT molecular complexity index is 415. The predicted octanol–water partition coefficient (Wildman–Crippen LogP) is 4.74. The highest BCUT2D eigenvalue weighted by Gasteiger charge is 2.28. The largest absolute Gasteiger partial charge is 0.293 e. The van der Waals surface area contributed by atoms with E-state index in [9.17, 15) is 4.79 Å². The van der Waals surface area contributed by atoms with Crippen molar-refractivity contribution in [1.82, 2.24) is 0 Å². The van der Waals surface area contributed by atoms with Crippen LogP contribution in [0.15, 0.2) is 18.2 Å². The molecule has 0 saturated heterocycles. The lowest BCUT2D eigenvalue weighted by Crippen LogP contribution is -2.14. The van der Waals surface area contributed by atoms with Crippen molar-refractivity contribution in [2.75, 3.05) is 0 Å². The molecule has 0 aliphatic heterocycles. The van der Waals surface area contributed by atoms with Crippen molar-refractivity contribution >= 4 is 44.9 Å². The maximum absolute atomic E-state index is 12.0. The molecule has 1 aromatic carbocycles. The monoisotopic (exact) mass is 320 g/mol. The van der Waals surface area contributed by atoms with Crippen molar-refractivity contribution in [1.29, 1.82) is 0 Å². The fourth-order valence-corrected chi connectivity index (χ4v) is 2.67. The zero-order chi connectivity index (χ0) is 11.7. The number of Topliss-reactive ketones (excluding diaryl/α,β-unsaturated/α-hetero) is 1. The van der Waals surface area contributed by atoms with Crippen LogP contribution in [0.5, 0.6) is 0 Å². The van der Waals surface area contributed by atoms with Crippen LogP contribution in [0.1, 0.15) is 29.6 Å². The molecule has 1 atom stereocenters. The lowest BCUT2D eigenvalue weighted by Gasteiger charge is -2.08. The number of hydrogen-bond acceptors (Lipinski definition) is 1. The smallest absolute Gasteiger partial charge is 0.176 e. The zero-order valence-corrected chi connectivity index (χ0v) is 11.6. The van der Waals surface area contributed by atoms with E-state index in [1.165, 1.54) is 12.8 Å². The van der Waals surface area contributed by atoms with Gasteiger partial charge in [0.2, 0.25) is 0 Å². The first-order valence-corrected chi connectivity index (χ1v) is 6.88. The van der Waals surface area contributed by atoms with Gasteiger partial charge in [-0.2, -0.15) is 0 Å². The predicted molar refractivity (Wildman–Crippen MR) is 70.8 cm³/mol. The van der Waals surface area contributed by atoms with Gasteiger partial charge in [-0.05, 0) is 30.5 Å². The van der Waals surface area contributed by atoms with Crippen LogP contribution in [0.3, 0.4) is 0 Å². The van der Waals surface area contributed by atoms with E-state index >= 15 is 0 Å². The van der Waals surface area contributed by atoms with Gasteiger partial charge in [-0.25, -0.2) is 0 Å². The zero-order valence-electron chi connectivity index (χ0n) is 8.55. The van der Waals surface area contributed by atoms with E-state index < -0.39 is 0 Å². The van der Waals surface area contributed by atoms with Crippen molar-refractivity contribution in [2.45, 2.75) is 24.1 Å². The molecule has 1 aromatic rings. The summed E-state index contributed by atoms with van der Waals surface area (Å²) >= 11 is 15.1.